The number of nitrogens with one attached hydrogen (secondary N) is 1. The van der Waals surface area contributed by atoms with Crippen molar-refractivity contribution in [2.45, 2.75) is 64.1 Å². The molecule has 4 N–H and O–H groups in total. The molecule has 0 aromatic carbocycles. The standard InChI is InChI=1S/C14H26N2O4/c1-13(2,3)20-12(18)16-9-5-4-8-14(19,11(15)17)10-6-7-10/h10,19H,4-9H2,1-3H3,(H2,15,17)(H,16,18). The normalized spacial score (nSPS) is 18.2. The average molecular weight is 286 g/mol. The van der Waals surface area contributed by atoms with Crippen LogP contribution in [0.15, 0.2) is 0 Å². The van der Waals surface area contributed by atoms with Gasteiger partial charge in [-0.15, -0.1) is 0 Å². The van der Waals surface area contributed by atoms with Crippen molar-refractivity contribution in [3.8, 4) is 0 Å². The monoisotopic (exact) mass is 286 g/mol. The van der Waals surface area contributed by atoms with Gasteiger partial charge in [-0.1, -0.05) is 0 Å². The molecule has 1 unspecified atom stereocenters. The number of carbonyl (C=O) groups excluding carboxylic acids is 2. The Morgan fingerprint density at radius 1 is 1.30 bits per heavy atom. The first-order valence-corrected chi connectivity index (χ1v) is 7.14. The molecule has 116 valence electrons. The Morgan fingerprint density at radius 3 is 2.35 bits per heavy atom. The molecule has 1 rings (SSSR count). The molecule has 0 radical (unpaired) electrons. The molecule has 0 aliphatic heterocycles. The number of amides is 2. The summed E-state index contributed by atoms with van der Waals surface area (Å²) in [7, 11) is 0. The summed E-state index contributed by atoms with van der Waals surface area (Å²) in [5.41, 5.74) is 3.38. The summed E-state index contributed by atoms with van der Waals surface area (Å²) in [6.45, 7) is 5.86. The van der Waals surface area contributed by atoms with E-state index >= 15 is 0 Å². The molecule has 0 bridgehead atoms. The maximum Gasteiger partial charge on any atom is 0.407 e. The van der Waals surface area contributed by atoms with E-state index in [2.05, 4.69) is 5.32 Å². The van der Waals surface area contributed by atoms with Crippen molar-refractivity contribution in [2.75, 3.05) is 6.54 Å². The molecule has 0 saturated heterocycles. The van der Waals surface area contributed by atoms with Gasteiger partial charge in [-0.3, -0.25) is 4.79 Å². The minimum absolute atomic E-state index is 0.0128. The molecule has 0 spiro atoms. The SMILES string of the molecule is CC(C)(C)OC(=O)NCCCCC(O)(C(N)=O)C1CC1. The second kappa shape index (κ2) is 6.43. The third kappa shape index (κ3) is 5.36. The lowest BCUT2D eigenvalue weighted by molar-refractivity contribution is -0.139. The van der Waals surface area contributed by atoms with E-state index < -0.39 is 23.2 Å². The van der Waals surface area contributed by atoms with E-state index in [1.54, 1.807) is 20.8 Å². The number of rotatable bonds is 7. The van der Waals surface area contributed by atoms with E-state index in [0.29, 0.717) is 25.8 Å². The van der Waals surface area contributed by atoms with Crippen molar-refractivity contribution < 1.29 is 19.4 Å². The Hall–Kier alpha value is -1.30. The molecular formula is C14H26N2O4. The van der Waals surface area contributed by atoms with Gasteiger partial charge in [0.15, 0.2) is 0 Å². The highest BCUT2D eigenvalue weighted by Crippen LogP contribution is 2.42. The Labute approximate surface area is 120 Å². The van der Waals surface area contributed by atoms with Crippen LogP contribution >= 0.6 is 0 Å². The topological polar surface area (TPSA) is 102 Å². The molecule has 1 atom stereocenters. The first kappa shape index (κ1) is 16.8. The minimum atomic E-state index is -1.37. The fraction of sp³-hybridized carbons (Fsp3) is 0.857. The number of ether oxygens (including phenoxy) is 1. The highest BCUT2D eigenvalue weighted by molar-refractivity contribution is 5.83. The highest BCUT2D eigenvalue weighted by Gasteiger charge is 2.47. The van der Waals surface area contributed by atoms with E-state index in [1.165, 1.54) is 0 Å². The lowest BCUT2D eigenvalue weighted by atomic mass is 9.90. The van der Waals surface area contributed by atoms with E-state index in [9.17, 15) is 14.7 Å². The van der Waals surface area contributed by atoms with Crippen LogP contribution in [-0.2, 0) is 9.53 Å². The maximum atomic E-state index is 11.4. The lowest BCUT2D eigenvalue weighted by Gasteiger charge is -2.24. The first-order valence-electron chi connectivity index (χ1n) is 7.14. The molecule has 6 heteroatoms. The van der Waals surface area contributed by atoms with Crippen LogP contribution < -0.4 is 11.1 Å². The van der Waals surface area contributed by atoms with Crippen molar-refractivity contribution in [1.29, 1.82) is 0 Å². The Morgan fingerprint density at radius 2 is 1.90 bits per heavy atom. The molecule has 2 amide bonds. The van der Waals surface area contributed by atoms with Crippen LogP contribution in [0.3, 0.4) is 0 Å². The molecule has 0 aromatic rings. The highest BCUT2D eigenvalue weighted by atomic mass is 16.6. The van der Waals surface area contributed by atoms with Gasteiger partial charge in [-0.05, 0) is 58.8 Å². The van der Waals surface area contributed by atoms with Crippen LogP contribution in [0.5, 0.6) is 0 Å². The number of carbonyl (C=O) groups is 2. The fourth-order valence-electron chi connectivity index (χ4n) is 2.11. The quantitative estimate of drug-likeness (QED) is 0.614. The number of nitrogens with two attached hydrogens (primary N) is 1. The van der Waals surface area contributed by atoms with Crippen molar-refractivity contribution in [2.24, 2.45) is 11.7 Å². The molecule has 0 aromatic heterocycles. The number of unbranched alkanes of at least 4 members (excludes halogenated alkanes) is 1. The van der Waals surface area contributed by atoms with Crippen LogP contribution in [0.25, 0.3) is 0 Å². The van der Waals surface area contributed by atoms with Gasteiger partial charge >= 0.3 is 6.09 Å². The molecule has 1 fully saturated rings. The maximum absolute atomic E-state index is 11.4. The predicted molar refractivity (Wildman–Crippen MR) is 75.0 cm³/mol. The summed E-state index contributed by atoms with van der Waals surface area (Å²) in [4.78, 5) is 22.7. The van der Waals surface area contributed by atoms with Crippen LogP contribution in [-0.4, -0.2) is 34.9 Å². The van der Waals surface area contributed by atoms with Crippen LogP contribution in [0.1, 0.15) is 52.9 Å². The largest absolute Gasteiger partial charge is 0.444 e. The molecule has 1 aliphatic rings. The predicted octanol–water partition coefficient (Wildman–Crippen LogP) is 1.31. The summed E-state index contributed by atoms with van der Waals surface area (Å²) in [5, 5.41) is 12.8. The van der Waals surface area contributed by atoms with E-state index in [-0.39, 0.29) is 5.92 Å². The smallest absolute Gasteiger partial charge is 0.407 e. The molecule has 1 saturated carbocycles. The lowest BCUT2D eigenvalue weighted by Crippen LogP contribution is -2.46. The van der Waals surface area contributed by atoms with Gasteiger partial charge in [0.25, 0.3) is 0 Å². The van der Waals surface area contributed by atoms with Crippen molar-refractivity contribution in [3.05, 3.63) is 0 Å². The molecule has 0 heterocycles. The first-order chi connectivity index (χ1) is 9.15. The zero-order valence-corrected chi connectivity index (χ0v) is 12.6. The van der Waals surface area contributed by atoms with Crippen LogP contribution in [0.4, 0.5) is 4.79 Å². The number of primary amides is 1. The van der Waals surface area contributed by atoms with E-state index in [0.717, 1.165) is 12.8 Å². The van der Waals surface area contributed by atoms with Gasteiger partial charge in [-0.2, -0.15) is 0 Å². The Balaban J connectivity index is 2.18. The van der Waals surface area contributed by atoms with E-state index in [1.807, 2.05) is 0 Å². The zero-order chi connectivity index (χ0) is 15.4. The second-order valence-electron chi connectivity index (χ2n) is 6.45. The van der Waals surface area contributed by atoms with Gasteiger partial charge < -0.3 is 20.9 Å². The van der Waals surface area contributed by atoms with Gasteiger partial charge in [-0.25, -0.2) is 4.79 Å². The second-order valence-corrected chi connectivity index (χ2v) is 6.45. The zero-order valence-electron chi connectivity index (χ0n) is 12.6. The number of aliphatic hydroxyl groups is 1. The van der Waals surface area contributed by atoms with Gasteiger partial charge in [0.2, 0.25) is 5.91 Å². The number of alkyl carbamates (subject to hydrolysis) is 1. The Kier molecular flexibility index (Phi) is 5.39. The third-order valence-corrected chi connectivity index (χ3v) is 3.33. The summed E-state index contributed by atoms with van der Waals surface area (Å²) in [5.74, 6) is -0.626. The summed E-state index contributed by atoms with van der Waals surface area (Å²) in [6.07, 6.45) is 2.91. The van der Waals surface area contributed by atoms with Crippen LogP contribution in [0, 0.1) is 5.92 Å². The van der Waals surface area contributed by atoms with Crippen LogP contribution in [0.2, 0.25) is 0 Å². The number of hydrogen-bond acceptors (Lipinski definition) is 4. The Bertz CT molecular complexity index is 361. The molecule has 6 nitrogen and oxygen atoms in total. The minimum Gasteiger partial charge on any atom is -0.444 e. The summed E-state index contributed by atoms with van der Waals surface area (Å²) in [6, 6.07) is 0. The van der Waals surface area contributed by atoms with Crippen molar-refractivity contribution in [3.63, 3.8) is 0 Å². The van der Waals surface area contributed by atoms with Gasteiger partial charge in [0, 0.05) is 6.54 Å². The van der Waals surface area contributed by atoms with Gasteiger partial charge in [0.05, 0.1) is 0 Å². The number of hydrogen-bond donors (Lipinski definition) is 3. The van der Waals surface area contributed by atoms with Crippen molar-refractivity contribution in [1.82, 2.24) is 5.32 Å². The summed E-state index contributed by atoms with van der Waals surface area (Å²) >= 11 is 0. The van der Waals surface area contributed by atoms with Gasteiger partial charge in [0.1, 0.15) is 11.2 Å². The molecule has 1 aliphatic carbocycles. The third-order valence-electron chi connectivity index (χ3n) is 3.33. The molecule has 20 heavy (non-hydrogen) atoms. The van der Waals surface area contributed by atoms with Crippen molar-refractivity contribution >= 4 is 12.0 Å². The van der Waals surface area contributed by atoms with E-state index in [4.69, 9.17) is 10.5 Å². The molecular weight excluding hydrogens is 260 g/mol. The summed E-state index contributed by atoms with van der Waals surface area (Å²) < 4.78 is 5.10. The fourth-order valence-corrected chi connectivity index (χ4v) is 2.11. The average Bonchev–Trinajstić information content (AvgIpc) is 3.09.